The summed E-state index contributed by atoms with van der Waals surface area (Å²) in [4.78, 5) is 24.3. The van der Waals surface area contributed by atoms with Crippen LogP contribution in [0, 0.1) is 0 Å². The van der Waals surface area contributed by atoms with Gasteiger partial charge in [-0.1, -0.05) is 0 Å². The van der Waals surface area contributed by atoms with Crippen LogP contribution in [0.1, 0.15) is 32.1 Å². The van der Waals surface area contributed by atoms with E-state index in [1.54, 1.807) is 6.20 Å². The second-order valence-corrected chi connectivity index (χ2v) is 5.45. The molecule has 0 saturated carbocycles. The predicted molar refractivity (Wildman–Crippen MR) is 76.1 cm³/mol. The molecule has 1 aromatic heterocycles. The van der Waals surface area contributed by atoms with Crippen molar-refractivity contribution in [1.82, 2.24) is 9.97 Å². The number of carboxylic acids is 1. The number of anilines is 2. The van der Waals surface area contributed by atoms with Crippen LogP contribution in [0.15, 0.2) is 12.3 Å². The molecule has 0 amide bonds. The van der Waals surface area contributed by atoms with Crippen LogP contribution in [0.2, 0.25) is 0 Å². The summed E-state index contributed by atoms with van der Waals surface area (Å²) < 4.78 is 0. The number of nitrogens with zero attached hydrogens (tertiary/aromatic N) is 4. The third-order valence-electron chi connectivity index (χ3n) is 4.10. The third kappa shape index (κ3) is 2.55. The van der Waals surface area contributed by atoms with E-state index in [9.17, 15) is 9.90 Å². The molecule has 0 aliphatic carbocycles. The first-order chi connectivity index (χ1) is 9.75. The van der Waals surface area contributed by atoms with Crippen molar-refractivity contribution in [3.63, 3.8) is 0 Å². The fourth-order valence-corrected chi connectivity index (χ4v) is 3.04. The molecule has 2 fully saturated rings. The Morgan fingerprint density at radius 2 is 2.00 bits per heavy atom. The summed E-state index contributed by atoms with van der Waals surface area (Å²) in [5.41, 5.74) is 0. The van der Waals surface area contributed by atoms with Crippen LogP contribution in [0.5, 0.6) is 0 Å². The van der Waals surface area contributed by atoms with Gasteiger partial charge < -0.3 is 14.9 Å². The normalized spacial score (nSPS) is 23.1. The van der Waals surface area contributed by atoms with E-state index < -0.39 is 12.0 Å². The molecule has 0 bridgehead atoms. The zero-order valence-electron chi connectivity index (χ0n) is 11.5. The molecule has 0 aromatic carbocycles. The quantitative estimate of drug-likeness (QED) is 0.902. The van der Waals surface area contributed by atoms with Gasteiger partial charge in [-0.25, -0.2) is 9.78 Å². The monoisotopic (exact) mass is 276 g/mol. The smallest absolute Gasteiger partial charge is 0.326 e. The molecule has 3 heterocycles. The van der Waals surface area contributed by atoms with Crippen LogP contribution < -0.4 is 9.80 Å². The lowest BCUT2D eigenvalue weighted by Crippen LogP contribution is -2.37. The van der Waals surface area contributed by atoms with E-state index in [1.807, 2.05) is 11.0 Å². The van der Waals surface area contributed by atoms with Gasteiger partial charge in [0.2, 0.25) is 5.95 Å². The van der Waals surface area contributed by atoms with Crippen molar-refractivity contribution in [2.24, 2.45) is 0 Å². The first-order valence-corrected chi connectivity index (χ1v) is 7.33. The van der Waals surface area contributed by atoms with E-state index in [4.69, 9.17) is 0 Å². The van der Waals surface area contributed by atoms with Gasteiger partial charge in [-0.05, 0) is 38.2 Å². The Labute approximate surface area is 118 Å². The third-order valence-corrected chi connectivity index (χ3v) is 4.10. The number of carboxylic acid groups (broad SMARTS) is 1. The number of piperidine rings is 1. The van der Waals surface area contributed by atoms with Crippen molar-refractivity contribution >= 4 is 17.7 Å². The minimum absolute atomic E-state index is 0.445. The summed E-state index contributed by atoms with van der Waals surface area (Å²) in [5.74, 6) is 0.712. The van der Waals surface area contributed by atoms with Gasteiger partial charge in [-0.2, -0.15) is 4.98 Å². The molecule has 20 heavy (non-hydrogen) atoms. The maximum atomic E-state index is 11.3. The predicted octanol–water partition coefficient (Wildman–Crippen LogP) is 1.52. The van der Waals surface area contributed by atoms with E-state index >= 15 is 0 Å². The number of carbonyl (C=O) groups is 1. The van der Waals surface area contributed by atoms with E-state index in [0.717, 1.165) is 37.8 Å². The largest absolute Gasteiger partial charge is 0.480 e. The molecule has 2 aliphatic rings. The molecule has 3 rings (SSSR count). The Balaban J connectivity index is 1.81. The number of rotatable bonds is 3. The highest BCUT2D eigenvalue weighted by molar-refractivity contribution is 5.78. The molecule has 108 valence electrons. The van der Waals surface area contributed by atoms with Gasteiger partial charge in [0.25, 0.3) is 0 Å². The zero-order chi connectivity index (χ0) is 13.9. The second kappa shape index (κ2) is 5.64. The van der Waals surface area contributed by atoms with E-state index in [1.165, 1.54) is 19.3 Å². The van der Waals surface area contributed by atoms with Gasteiger partial charge in [-0.3, -0.25) is 0 Å². The van der Waals surface area contributed by atoms with E-state index in [-0.39, 0.29) is 0 Å². The Hall–Kier alpha value is -1.85. The van der Waals surface area contributed by atoms with Gasteiger partial charge in [0.1, 0.15) is 11.9 Å². The van der Waals surface area contributed by atoms with Gasteiger partial charge in [-0.15, -0.1) is 0 Å². The van der Waals surface area contributed by atoms with Gasteiger partial charge >= 0.3 is 5.97 Å². The second-order valence-electron chi connectivity index (χ2n) is 5.45. The van der Waals surface area contributed by atoms with Crippen LogP contribution in [-0.4, -0.2) is 46.7 Å². The summed E-state index contributed by atoms with van der Waals surface area (Å²) in [6.45, 7) is 2.74. The first-order valence-electron chi connectivity index (χ1n) is 7.33. The van der Waals surface area contributed by atoms with Crippen LogP contribution in [-0.2, 0) is 4.79 Å². The molecule has 6 nitrogen and oxygen atoms in total. The Morgan fingerprint density at radius 1 is 1.20 bits per heavy atom. The van der Waals surface area contributed by atoms with Crippen LogP contribution in [0.3, 0.4) is 0 Å². The number of hydrogen-bond acceptors (Lipinski definition) is 5. The van der Waals surface area contributed by atoms with Crippen molar-refractivity contribution in [2.45, 2.75) is 38.1 Å². The van der Waals surface area contributed by atoms with Crippen molar-refractivity contribution in [1.29, 1.82) is 0 Å². The molecule has 0 spiro atoms. The standard InChI is InChI=1S/C14H20N4O2/c19-13(20)11-5-4-10-18(11)12-6-7-15-14(16-12)17-8-2-1-3-9-17/h6-7,11H,1-5,8-10H2,(H,19,20)/t11-/m1/s1. The van der Waals surface area contributed by atoms with Gasteiger partial charge in [0.15, 0.2) is 0 Å². The molecular formula is C14H20N4O2. The molecule has 1 N–H and O–H groups in total. The molecule has 0 unspecified atom stereocenters. The van der Waals surface area contributed by atoms with Crippen LogP contribution in [0.25, 0.3) is 0 Å². The summed E-state index contributed by atoms with van der Waals surface area (Å²) in [7, 11) is 0. The summed E-state index contributed by atoms with van der Waals surface area (Å²) in [6, 6.07) is 1.37. The average Bonchev–Trinajstić information content (AvgIpc) is 2.98. The molecule has 6 heteroatoms. The van der Waals surface area contributed by atoms with Crippen molar-refractivity contribution in [2.75, 3.05) is 29.4 Å². The Kier molecular flexibility index (Phi) is 3.71. The lowest BCUT2D eigenvalue weighted by Gasteiger charge is -2.28. The topological polar surface area (TPSA) is 69.6 Å². The Morgan fingerprint density at radius 3 is 2.75 bits per heavy atom. The molecule has 1 aromatic rings. The Bertz CT molecular complexity index is 488. The zero-order valence-corrected chi connectivity index (χ0v) is 11.5. The lowest BCUT2D eigenvalue weighted by atomic mass is 10.1. The van der Waals surface area contributed by atoms with Crippen LogP contribution >= 0.6 is 0 Å². The molecule has 2 aliphatic heterocycles. The fourth-order valence-electron chi connectivity index (χ4n) is 3.04. The number of aliphatic carboxylic acids is 1. The first kappa shape index (κ1) is 13.1. The minimum Gasteiger partial charge on any atom is -0.480 e. The van der Waals surface area contributed by atoms with E-state index in [0.29, 0.717) is 6.42 Å². The lowest BCUT2D eigenvalue weighted by molar-refractivity contribution is -0.138. The summed E-state index contributed by atoms with van der Waals surface area (Å²) >= 11 is 0. The number of hydrogen-bond donors (Lipinski definition) is 1. The minimum atomic E-state index is -0.763. The van der Waals surface area contributed by atoms with E-state index in [2.05, 4.69) is 14.9 Å². The van der Waals surface area contributed by atoms with Gasteiger partial charge in [0.05, 0.1) is 0 Å². The SMILES string of the molecule is O=C(O)[C@H]1CCCN1c1ccnc(N2CCCCC2)n1. The van der Waals surface area contributed by atoms with Crippen LogP contribution in [0.4, 0.5) is 11.8 Å². The maximum absolute atomic E-state index is 11.3. The molecule has 0 radical (unpaired) electrons. The molecule has 1 atom stereocenters. The molecular weight excluding hydrogens is 256 g/mol. The highest BCUT2D eigenvalue weighted by atomic mass is 16.4. The summed E-state index contributed by atoms with van der Waals surface area (Å²) in [6.07, 6.45) is 6.95. The highest BCUT2D eigenvalue weighted by Gasteiger charge is 2.31. The maximum Gasteiger partial charge on any atom is 0.326 e. The fraction of sp³-hybridized carbons (Fsp3) is 0.643. The van der Waals surface area contributed by atoms with Gasteiger partial charge in [0, 0.05) is 25.8 Å². The summed E-state index contributed by atoms with van der Waals surface area (Å²) in [5, 5.41) is 9.27. The average molecular weight is 276 g/mol. The van der Waals surface area contributed by atoms with Crippen molar-refractivity contribution in [3.05, 3.63) is 12.3 Å². The van der Waals surface area contributed by atoms with Crippen molar-refractivity contribution in [3.8, 4) is 0 Å². The number of aromatic nitrogens is 2. The molecule has 2 saturated heterocycles. The van der Waals surface area contributed by atoms with Crippen molar-refractivity contribution < 1.29 is 9.90 Å². The highest BCUT2D eigenvalue weighted by Crippen LogP contribution is 2.25.